The Morgan fingerprint density at radius 2 is 1.88 bits per heavy atom. The number of benzene rings is 2. The number of rotatable bonds is 6. The summed E-state index contributed by atoms with van der Waals surface area (Å²) in [5, 5.41) is 0.415. The van der Waals surface area contributed by atoms with E-state index in [2.05, 4.69) is 9.73 Å². The molecule has 2 aromatic carbocycles. The van der Waals surface area contributed by atoms with Crippen molar-refractivity contribution in [3.8, 4) is 5.75 Å². The summed E-state index contributed by atoms with van der Waals surface area (Å²) in [5.74, 6) is -0.228. The molecule has 0 aliphatic carbocycles. The number of aliphatic imine (C=N–C) groups is 1. The molecule has 140 valence electrons. The van der Waals surface area contributed by atoms with Crippen LogP contribution in [0.3, 0.4) is 0 Å². The van der Waals surface area contributed by atoms with Gasteiger partial charge in [0.25, 0.3) is 0 Å². The van der Waals surface area contributed by atoms with E-state index in [1.54, 1.807) is 18.5 Å². The van der Waals surface area contributed by atoms with E-state index in [1.807, 2.05) is 37.9 Å². The summed E-state index contributed by atoms with van der Waals surface area (Å²) in [7, 11) is 1.89. The van der Waals surface area contributed by atoms with E-state index in [9.17, 15) is 13.2 Å². The van der Waals surface area contributed by atoms with Crippen LogP contribution in [-0.2, 0) is 6.42 Å². The van der Waals surface area contributed by atoms with Crippen LogP contribution in [0.2, 0.25) is 5.02 Å². The maximum absolute atomic E-state index is 12.6. The predicted octanol–water partition coefficient (Wildman–Crippen LogP) is 5.75. The zero-order valence-electron chi connectivity index (χ0n) is 14.8. The van der Waals surface area contributed by atoms with Gasteiger partial charge in [-0.15, -0.1) is 13.2 Å². The van der Waals surface area contributed by atoms with Crippen LogP contribution in [-0.4, -0.2) is 31.2 Å². The molecule has 0 aromatic heterocycles. The van der Waals surface area contributed by atoms with Crippen LogP contribution in [0.5, 0.6) is 5.75 Å². The molecule has 3 nitrogen and oxygen atoms in total. The molecule has 0 N–H and O–H groups in total. The first kappa shape index (κ1) is 20.1. The van der Waals surface area contributed by atoms with Gasteiger partial charge in [0.2, 0.25) is 0 Å². The summed E-state index contributed by atoms with van der Waals surface area (Å²) < 4.78 is 41.9. The molecule has 0 aliphatic rings. The van der Waals surface area contributed by atoms with Gasteiger partial charge in [-0.05, 0) is 42.7 Å². The van der Waals surface area contributed by atoms with Gasteiger partial charge in [-0.1, -0.05) is 35.9 Å². The van der Waals surface area contributed by atoms with Crippen molar-refractivity contribution in [3.05, 3.63) is 58.1 Å². The summed E-state index contributed by atoms with van der Waals surface area (Å²) in [5.41, 5.74) is 2.59. The van der Waals surface area contributed by atoms with Gasteiger partial charge in [0.15, 0.2) is 0 Å². The SMILES string of the molecule is CCN(C)C=Nc1cc(C)cc(Cc2ccccc2OC(F)(F)F)c1Cl. The monoisotopic (exact) mass is 384 g/mol. The largest absolute Gasteiger partial charge is 0.573 e. The van der Waals surface area contributed by atoms with Crippen molar-refractivity contribution in [2.45, 2.75) is 26.6 Å². The molecule has 0 aliphatic heterocycles. The standard InChI is InChI=1S/C19H20ClF3N2O/c1-4-25(3)12-24-16-10-13(2)9-15(18(16)20)11-14-7-5-6-8-17(14)26-19(21,22)23/h5-10,12H,4,11H2,1-3H3. The molecule has 0 bridgehead atoms. The molecule has 0 saturated carbocycles. The van der Waals surface area contributed by atoms with Crippen LogP contribution in [0.4, 0.5) is 18.9 Å². The number of alkyl halides is 3. The Kier molecular flexibility index (Phi) is 6.53. The lowest BCUT2D eigenvalue weighted by atomic mass is 10.0. The molecule has 2 rings (SSSR count). The number of para-hydroxylation sites is 1. The highest BCUT2D eigenvalue weighted by Crippen LogP contribution is 2.34. The minimum atomic E-state index is -4.74. The minimum Gasteiger partial charge on any atom is -0.405 e. The van der Waals surface area contributed by atoms with Crippen LogP contribution in [0.15, 0.2) is 41.4 Å². The van der Waals surface area contributed by atoms with Crippen molar-refractivity contribution < 1.29 is 17.9 Å². The molecule has 0 unspecified atom stereocenters. The third-order valence-corrected chi connectivity index (χ3v) is 4.18. The van der Waals surface area contributed by atoms with Crippen molar-refractivity contribution in [2.75, 3.05) is 13.6 Å². The van der Waals surface area contributed by atoms with Crippen molar-refractivity contribution in [3.63, 3.8) is 0 Å². The lowest BCUT2D eigenvalue weighted by Gasteiger charge is -2.15. The normalized spacial score (nSPS) is 11.8. The fraction of sp³-hybridized carbons (Fsp3) is 0.316. The van der Waals surface area contributed by atoms with Gasteiger partial charge in [0.1, 0.15) is 5.75 Å². The summed E-state index contributed by atoms with van der Waals surface area (Å²) in [6.07, 6.45) is -2.86. The maximum atomic E-state index is 12.6. The Labute approximate surface area is 156 Å². The molecule has 0 saturated heterocycles. The molecule has 0 radical (unpaired) electrons. The number of halogens is 4. The summed E-state index contributed by atoms with van der Waals surface area (Å²) in [6, 6.07) is 9.73. The van der Waals surface area contributed by atoms with Crippen LogP contribution in [0, 0.1) is 6.92 Å². The van der Waals surface area contributed by atoms with E-state index < -0.39 is 6.36 Å². The van der Waals surface area contributed by atoms with E-state index in [4.69, 9.17) is 11.6 Å². The fourth-order valence-corrected chi connectivity index (χ4v) is 2.59. The zero-order valence-corrected chi connectivity index (χ0v) is 15.5. The van der Waals surface area contributed by atoms with Crippen LogP contribution < -0.4 is 4.74 Å². The first-order valence-corrected chi connectivity index (χ1v) is 8.44. The van der Waals surface area contributed by atoms with Gasteiger partial charge in [-0.2, -0.15) is 0 Å². The average Bonchev–Trinajstić information content (AvgIpc) is 2.56. The smallest absolute Gasteiger partial charge is 0.405 e. The topological polar surface area (TPSA) is 24.8 Å². The van der Waals surface area contributed by atoms with Crippen molar-refractivity contribution in [1.82, 2.24) is 4.90 Å². The van der Waals surface area contributed by atoms with Crippen LogP contribution >= 0.6 is 11.6 Å². The van der Waals surface area contributed by atoms with Gasteiger partial charge >= 0.3 is 6.36 Å². The Morgan fingerprint density at radius 3 is 2.54 bits per heavy atom. The first-order valence-electron chi connectivity index (χ1n) is 8.06. The van der Waals surface area contributed by atoms with Gasteiger partial charge in [-0.3, -0.25) is 0 Å². The third-order valence-electron chi connectivity index (χ3n) is 3.75. The van der Waals surface area contributed by atoms with Crippen LogP contribution in [0.25, 0.3) is 0 Å². The maximum Gasteiger partial charge on any atom is 0.573 e. The van der Waals surface area contributed by atoms with Gasteiger partial charge in [0.05, 0.1) is 17.0 Å². The highest BCUT2D eigenvalue weighted by Gasteiger charge is 2.32. The van der Waals surface area contributed by atoms with Gasteiger partial charge in [-0.25, -0.2) is 4.99 Å². The molecule has 2 aromatic rings. The molecule has 0 fully saturated rings. The summed E-state index contributed by atoms with van der Waals surface area (Å²) >= 11 is 6.45. The highest BCUT2D eigenvalue weighted by atomic mass is 35.5. The third kappa shape index (κ3) is 5.66. The first-order chi connectivity index (χ1) is 12.2. The van der Waals surface area contributed by atoms with Crippen molar-refractivity contribution in [2.24, 2.45) is 4.99 Å². The lowest BCUT2D eigenvalue weighted by molar-refractivity contribution is -0.274. The van der Waals surface area contributed by atoms with Crippen molar-refractivity contribution in [1.29, 1.82) is 0 Å². The predicted molar refractivity (Wildman–Crippen MR) is 98.6 cm³/mol. The van der Waals surface area contributed by atoms with E-state index in [0.29, 0.717) is 21.8 Å². The number of aryl methyl sites for hydroxylation is 1. The fourth-order valence-electron chi connectivity index (χ4n) is 2.37. The van der Waals surface area contributed by atoms with E-state index >= 15 is 0 Å². The molecule has 0 spiro atoms. The summed E-state index contributed by atoms with van der Waals surface area (Å²) in [6.45, 7) is 4.68. The molecule has 7 heteroatoms. The zero-order chi connectivity index (χ0) is 19.3. The average molecular weight is 385 g/mol. The number of hydrogen-bond donors (Lipinski definition) is 0. The Morgan fingerprint density at radius 1 is 1.19 bits per heavy atom. The molecular weight excluding hydrogens is 365 g/mol. The second-order valence-electron chi connectivity index (χ2n) is 5.91. The second-order valence-corrected chi connectivity index (χ2v) is 6.29. The molecular formula is C19H20ClF3N2O. The van der Waals surface area contributed by atoms with Gasteiger partial charge in [0, 0.05) is 20.0 Å². The van der Waals surface area contributed by atoms with Crippen LogP contribution in [0.1, 0.15) is 23.6 Å². The Bertz CT molecular complexity index is 791. The molecule has 26 heavy (non-hydrogen) atoms. The molecule has 0 amide bonds. The second kappa shape index (κ2) is 8.45. The molecule has 0 heterocycles. The van der Waals surface area contributed by atoms with E-state index in [0.717, 1.165) is 12.1 Å². The number of nitrogens with zero attached hydrogens (tertiary/aromatic N) is 2. The number of hydrogen-bond acceptors (Lipinski definition) is 2. The van der Waals surface area contributed by atoms with E-state index in [1.165, 1.54) is 12.1 Å². The summed E-state index contributed by atoms with van der Waals surface area (Å²) in [4.78, 5) is 6.27. The van der Waals surface area contributed by atoms with Gasteiger partial charge < -0.3 is 9.64 Å². The Balaban J connectivity index is 2.36. The van der Waals surface area contributed by atoms with E-state index in [-0.39, 0.29) is 12.2 Å². The number of ether oxygens (including phenoxy) is 1. The van der Waals surface area contributed by atoms with Crippen molar-refractivity contribution >= 4 is 23.6 Å². The lowest BCUT2D eigenvalue weighted by Crippen LogP contribution is -2.18. The highest BCUT2D eigenvalue weighted by molar-refractivity contribution is 6.33. The molecule has 0 atom stereocenters. The Hall–Kier alpha value is -2.21. The minimum absolute atomic E-state index is 0.207. The quantitative estimate of drug-likeness (QED) is 0.468.